The first-order chi connectivity index (χ1) is 9.49. The Hall–Kier alpha value is -0.590. The van der Waals surface area contributed by atoms with Crippen LogP contribution in [0.4, 0.5) is 0 Å². The quantitative estimate of drug-likeness (QED) is 0.880. The molecular formula is C13H14Cl2N2OS2. The van der Waals surface area contributed by atoms with Crippen LogP contribution in [0, 0.1) is 0 Å². The van der Waals surface area contributed by atoms with Gasteiger partial charge in [0.2, 0.25) is 0 Å². The van der Waals surface area contributed by atoms with E-state index in [1.54, 1.807) is 17.4 Å². The maximum Gasteiger partial charge on any atom is 0.253 e. The van der Waals surface area contributed by atoms with Crippen molar-refractivity contribution in [2.24, 2.45) is 0 Å². The van der Waals surface area contributed by atoms with Crippen LogP contribution < -0.4 is 5.32 Å². The molecule has 0 aromatic carbocycles. The second kappa shape index (κ2) is 6.91. The molecule has 108 valence electrons. The third kappa shape index (κ3) is 3.74. The second-order valence-corrected chi connectivity index (χ2v) is 7.55. The van der Waals surface area contributed by atoms with Crippen LogP contribution in [0.5, 0.6) is 0 Å². The fourth-order valence-corrected chi connectivity index (χ4v) is 4.01. The molecule has 1 atom stereocenters. The Morgan fingerprint density at radius 3 is 2.70 bits per heavy atom. The van der Waals surface area contributed by atoms with Gasteiger partial charge in [-0.2, -0.15) is 11.3 Å². The number of nitrogens with zero attached hydrogens (tertiary/aromatic N) is 1. The molecule has 0 fully saturated rings. The summed E-state index contributed by atoms with van der Waals surface area (Å²) < 4.78 is 0.937. The van der Waals surface area contributed by atoms with Gasteiger partial charge in [0.15, 0.2) is 0 Å². The maximum atomic E-state index is 12.1. The van der Waals surface area contributed by atoms with E-state index in [1.807, 2.05) is 19.5 Å². The lowest BCUT2D eigenvalue weighted by molar-refractivity contribution is 0.0942. The minimum Gasteiger partial charge on any atom is -0.350 e. The molecule has 7 heteroatoms. The Kier molecular flexibility index (Phi) is 5.46. The topological polar surface area (TPSA) is 32.3 Å². The molecule has 0 saturated carbocycles. The fourth-order valence-electron chi connectivity index (χ4n) is 1.84. The summed E-state index contributed by atoms with van der Waals surface area (Å²) in [5, 5.41) is 7.03. The summed E-state index contributed by atoms with van der Waals surface area (Å²) in [5.74, 6) is -0.194. The first-order valence-corrected chi connectivity index (χ1v) is 8.42. The largest absolute Gasteiger partial charge is 0.350 e. The van der Waals surface area contributed by atoms with E-state index in [2.05, 4.69) is 21.7 Å². The van der Waals surface area contributed by atoms with Gasteiger partial charge in [0.25, 0.3) is 5.91 Å². The average molecular weight is 349 g/mol. The maximum absolute atomic E-state index is 12.1. The molecule has 2 rings (SSSR count). The van der Waals surface area contributed by atoms with Crippen LogP contribution in [0.1, 0.15) is 22.0 Å². The lowest BCUT2D eigenvalue weighted by Crippen LogP contribution is -2.34. The van der Waals surface area contributed by atoms with Crippen molar-refractivity contribution in [3.05, 3.63) is 42.7 Å². The number of nitrogens with one attached hydrogen (secondary N) is 1. The normalized spacial score (nSPS) is 12.7. The second-order valence-electron chi connectivity index (χ2n) is 4.48. The highest BCUT2D eigenvalue weighted by Gasteiger charge is 2.18. The molecule has 0 aliphatic rings. The molecule has 2 heterocycles. The van der Waals surface area contributed by atoms with Gasteiger partial charge in [-0.3, -0.25) is 4.79 Å². The number of hydrogen-bond acceptors (Lipinski definition) is 4. The van der Waals surface area contributed by atoms with E-state index in [0.717, 1.165) is 0 Å². The lowest BCUT2D eigenvalue weighted by Gasteiger charge is -2.23. The minimum absolute atomic E-state index is 0.137. The minimum atomic E-state index is -0.194. The van der Waals surface area contributed by atoms with Crippen LogP contribution in [-0.4, -0.2) is 31.4 Å². The first kappa shape index (κ1) is 15.8. The summed E-state index contributed by atoms with van der Waals surface area (Å²) in [6.45, 7) is 0.520. The SMILES string of the molecule is CN(C)C(CNC(=O)c1cc(Cl)sc1Cl)c1ccsc1. The Morgan fingerprint density at radius 2 is 2.20 bits per heavy atom. The summed E-state index contributed by atoms with van der Waals surface area (Å²) in [5.41, 5.74) is 1.62. The van der Waals surface area contributed by atoms with Crippen LogP contribution in [0.25, 0.3) is 0 Å². The number of halogens is 2. The van der Waals surface area contributed by atoms with Crippen molar-refractivity contribution in [2.75, 3.05) is 20.6 Å². The van der Waals surface area contributed by atoms with E-state index >= 15 is 0 Å². The number of amides is 1. The van der Waals surface area contributed by atoms with E-state index in [4.69, 9.17) is 23.2 Å². The van der Waals surface area contributed by atoms with Crippen LogP contribution in [-0.2, 0) is 0 Å². The third-order valence-corrected chi connectivity index (χ3v) is 5.10. The molecular weight excluding hydrogens is 335 g/mol. The lowest BCUT2D eigenvalue weighted by atomic mass is 10.1. The number of likely N-dealkylation sites (N-methyl/N-ethyl adjacent to an activating group) is 1. The smallest absolute Gasteiger partial charge is 0.253 e. The monoisotopic (exact) mass is 348 g/mol. The molecule has 1 amide bonds. The molecule has 2 aromatic heterocycles. The van der Waals surface area contributed by atoms with Crippen LogP contribution >= 0.6 is 45.9 Å². The molecule has 3 nitrogen and oxygen atoms in total. The van der Waals surface area contributed by atoms with E-state index in [9.17, 15) is 4.79 Å². The number of carbonyl (C=O) groups excluding carboxylic acids is 1. The summed E-state index contributed by atoms with van der Waals surface area (Å²) in [4.78, 5) is 14.2. The van der Waals surface area contributed by atoms with Gasteiger partial charge in [0.1, 0.15) is 4.34 Å². The van der Waals surface area contributed by atoms with Crippen molar-refractivity contribution in [1.82, 2.24) is 10.2 Å². The van der Waals surface area contributed by atoms with Gasteiger partial charge in [-0.05, 0) is 42.6 Å². The highest BCUT2D eigenvalue weighted by atomic mass is 35.5. The molecule has 1 unspecified atom stereocenters. The summed E-state index contributed by atoms with van der Waals surface area (Å²) in [6, 6.07) is 3.80. The average Bonchev–Trinajstić information content (AvgIpc) is 2.99. The number of hydrogen-bond donors (Lipinski definition) is 1. The zero-order chi connectivity index (χ0) is 14.7. The number of carbonyl (C=O) groups is 1. The van der Waals surface area contributed by atoms with Crippen LogP contribution in [0.15, 0.2) is 22.9 Å². The molecule has 0 aliphatic carbocycles. The standard InChI is InChI=1S/C13H14Cl2N2OS2/c1-17(2)10(8-3-4-19-7-8)6-16-13(18)9-5-11(14)20-12(9)15/h3-5,7,10H,6H2,1-2H3,(H,16,18). The van der Waals surface area contributed by atoms with Gasteiger partial charge in [-0.25, -0.2) is 0 Å². The zero-order valence-corrected chi connectivity index (χ0v) is 14.2. The molecule has 0 radical (unpaired) electrons. The van der Waals surface area contributed by atoms with Gasteiger partial charge in [-0.15, -0.1) is 11.3 Å². The number of rotatable bonds is 5. The van der Waals surface area contributed by atoms with Crippen molar-refractivity contribution < 1.29 is 4.79 Å². The Labute approximate surface area is 136 Å². The van der Waals surface area contributed by atoms with Gasteiger partial charge < -0.3 is 10.2 Å². The summed E-state index contributed by atoms with van der Waals surface area (Å²) >= 11 is 14.7. The van der Waals surface area contributed by atoms with Crippen molar-refractivity contribution in [3.8, 4) is 0 Å². The Morgan fingerprint density at radius 1 is 1.45 bits per heavy atom. The van der Waals surface area contributed by atoms with Crippen molar-refractivity contribution >= 4 is 51.8 Å². The van der Waals surface area contributed by atoms with Gasteiger partial charge in [0.05, 0.1) is 15.9 Å². The van der Waals surface area contributed by atoms with Crippen molar-refractivity contribution in [2.45, 2.75) is 6.04 Å². The summed E-state index contributed by atoms with van der Waals surface area (Å²) in [7, 11) is 3.98. The Bertz CT molecular complexity index is 581. The highest BCUT2D eigenvalue weighted by Crippen LogP contribution is 2.31. The van der Waals surface area contributed by atoms with Crippen molar-refractivity contribution in [3.63, 3.8) is 0 Å². The van der Waals surface area contributed by atoms with Crippen molar-refractivity contribution in [1.29, 1.82) is 0 Å². The number of thiophene rings is 2. The zero-order valence-electron chi connectivity index (χ0n) is 11.0. The molecule has 20 heavy (non-hydrogen) atoms. The molecule has 0 aliphatic heterocycles. The van der Waals surface area contributed by atoms with E-state index in [1.165, 1.54) is 16.9 Å². The van der Waals surface area contributed by atoms with Gasteiger partial charge in [-0.1, -0.05) is 23.2 Å². The molecule has 0 saturated heterocycles. The van der Waals surface area contributed by atoms with Crippen LogP contribution in [0.3, 0.4) is 0 Å². The molecule has 1 N–H and O–H groups in total. The molecule has 0 spiro atoms. The first-order valence-electron chi connectivity index (χ1n) is 5.90. The van der Waals surface area contributed by atoms with E-state index in [-0.39, 0.29) is 11.9 Å². The highest BCUT2D eigenvalue weighted by molar-refractivity contribution is 7.20. The van der Waals surface area contributed by atoms with Crippen LogP contribution in [0.2, 0.25) is 8.67 Å². The predicted molar refractivity (Wildman–Crippen MR) is 87.4 cm³/mol. The molecule has 2 aromatic rings. The van der Waals surface area contributed by atoms with Gasteiger partial charge >= 0.3 is 0 Å². The third-order valence-electron chi connectivity index (χ3n) is 2.91. The summed E-state index contributed by atoms with van der Waals surface area (Å²) in [6.07, 6.45) is 0. The van der Waals surface area contributed by atoms with Gasteiger partial charge in [0, 0.05) is 6.54 Å². The molecule has 0 bridgehead atoms. The predicted octanol–water partition coefficient (Wildman–Crippen LogP) is 4.15. The van der Waals surface area contributed by atoms with E-state index in [0.29, 0.717) is 20.8 Å². The van der Waals surface area contributed by atoms with E-state index < -0.39 is 0 Å². The Balaban J connectivity index is 2.03. The fraction of sp³-hybridized carbons (Fsp3) is 0.308.